The summed E-state index contributed by atoms with van der Waals surface area (Å²) in [6.45, 7) is 1.85. The van der Waals surface area contributed by atoms with Gasteiger partial charge in [-0.1, -0.05) is 29.8 Å². The number of Topliss-reactive ketones (excluding diaryl/α,β-unsaturated/α-hetero) is 1. The number of aryl methyl sites for hydroxylation is 1. The largest absolute Gasteiger partial charge is 0.429 e. The molecule has 0 aliphatic heterocycles. The number of ether oxygens (including phenoxy) is 1. The van der Waals surface area contributed by atoms with E-state index in [1.807, 2.05) is 19.1 Å². The van der Waals surface area contributed by atoms with Gasteiger partial charge in [0.15, 0.2) is 0 Å². The number of alkyl halides is 2. The predicted octanol–water partition coefficient (Wildman–Crippen LogP) is 5.35. The van der Waals surface area contributed by atoms with Gasteiger partial charge in [0.05, 0.1) is 5.56 Å². The van der Waals surface area contributed by atoms with E-state index in [1.165, 1.54) is 12.1 Å². The lowest BCUT2D eigenvalue weighted by Gasteiger charge is -2.22. The van der Waals surface area contributed by atoms with Crippen LogP contribution in [-0.4, -0.2) is 5.78 Å². The summed E-state index contributed by atoms with van der Waals surface area (Å²) in [5, 5.41) is 0. The van der Waals surface area contributed by atoms with Gasteiger partial charge in [0.1, 0.15) is 11.5 Å². The quantitative estimate of drug-likeness (QED) is 0.755. The molecule has 0 atom stereocenters. The second-order valence-corrected chi connectivity index (χ2v) is 6.37. The topological polar surface area (TPSA) is 26.3 Å². The number of rotatable bonds is 4. The SMILES string of the molecule is Cc1ccc(C(F)(F)Oc2ccc(C3CCC(=O)CC3)cc2)cc1. The van der Waals surface area contributed by atoms with Crippen LogP contribution in [0.15, 0.2) is 48.5 Å². The van der Waals surface area contributed by atoms with E-state index < -0.39 is 6.11 Å². The maximum Gasteiger partial charge on any atom is 0.426 e. The highest BCUT2D eigenvalue weighted by Crippen LogP contribution is 2.35. The molecule has 126 valence electrons. The number of ketones is 1. The zero-order chi connectivity index (χ0) is 17.2. The fourth-order valence-corrected chi connectivity index (χ4v) is 3.04. The minimum absolute atomic E-state index is 0.135. The van der Waals surface area contributed by atoms with Crippen molar-refractivity contribution in [2.75, 3.05) is 0 Å². The summed E-state index contributed by atoms with van der Waals surface area (Å²) in [5.41, 5.74) is 1.83. The Kier molecular flexibility index (Phi) is 4.65. The molecule has 1 aliphatic rings. The third-order valence-electron chi connectivity index (χ3n) is 4.53. The summed E-state index contributed by atoms with van der Waals surface area (Å²) in [7, 11) is 0. The molecule has 0 spiro atoms. The first-order valence-electron chi connectivity index (χ1n) is 8.20. The lowest BCUT2D eigenvalue weighted by molar-refractivity contribution is -0.185. The average molecular weight is 330 g/mol. The van der Waals surface area contributed by atoms with Crippen LogP contribution in [0.3, 0.4) is 0 Å². The highest BCUT2D eigenvalue weighted by Gasteiger charge is 2.34. The molecule has 2 aromatic carbocycles. The molecule has 4 heteroatoms. The average Bonchev–Trinajstić information content (AvgIpc) is 2.56. The van der Waals surface area contributed by atoms with Crippen molar-refractivity contribution >= 4 is 5.78 Å². The number of carbonyl (C=O) groups excluding carboxylic acids is 1. The van der Waals surface area contributed by atoms with Gasteiger partial charge in [0.2, 0.25) is 0 Å². The Bertz CT molecular complexity index is 695. The van der Waals surface area contributed by atoms with Crippen LogP contribution in [0.2, 0.25) is 0 Å². The van der Waals surface area contributed by atoms with Crippen molar-refractivity contribution in [3.8, 4) is 5.75 Å². The van der Waals surface area contributed by atoms with Crippen LogP contribution in [0.25, 0.3) is 0 Å². The van der Waals surface area contributed by atoms with Crippen LogP contribution in [0.5, 0.6) is 5.75 Å². The van der Waals surface area contributed by atoms with Gasteiger partial charge in [-0.15, -0.1) is 0 Å². The van der Waals surface area contributed by atoms with E-state index >= 15 is 0 Å². The summed E-state index contributed by atoms with van der Waals surface area (Å²) in [6.07, 6.45) is -0.494. The second kappa shape index (κ2) is 6.71. The normalized spacial score (nSPS) is 16.2. The summed E-state index contributed by atoms with van der Waals surface area (Å²) in [4.78, 5) is 11.3. The van der Waals surface area contributed by atoms with Crippen LogP contribution >= 0.6 is 0 Å². The van der Waals surface area contributed by atoms with E-state index in [9.17, 15) is 13.6 Å². The third-order valence-corrected chi connectivity index (χ3v) is 4.53. The summed E-state index contributed by atoms with van der Waals surface area (Å²) in [5.74, 6) is 0.773. The van der Waals surface area contributed by atoms with E-state index in [4.69, 9.17) is 4.74 Å². The van der Waals surface area contributed by atoms with Crippen molar-refractivity contribution in [2.45, 2.75) is 44.6 Å². The van der Waals surface area contributed by atoms with Crippen LogP contribution in [0, 0.1) is 6.92 Å². The van der Waals surface area contributed by atoms with Crippen LogP contribution in [-0.2, 0) is 10.9 Å². The van der Waals surface area contributed by atoms with Gasteiger partial charge in [-0.25, -0.2) is 0 Å². The number of benzene rings is 2. The Labute approximate surface area is 140 Å². The molecule has 1 fully saturated rings. The van der Waals surface area contributed by atoms with Crippen molar-refractivity contribution in [2.24, 2.45) is 0 Å². The molecule has 2 nitrogen and oxygen atoms in total. The number of carbonyl (C=O) groups is 1. The standard InChI is InChI=1S/C20H20F2O2/c1-14-2-8-17(9-3-14)20(21,22)24-19-12-6-16(7-13-19)15-4-10-18(23)11-5-15/h2-3,6-9,12-13,15H,4-5,10-11H2,1H3. The van der Waals surface area contributed by atoms with Crippen molar-refractivity contribution < 1.29 is 18.3 Å². The highest BCUT2D eigenvalue weighted by molar-refractivity contribution is 5.79. The first-order chi connectivity index (χ1) is 11.4. The van der Waals surface area contributed by atoms with Crippen LogP contribution in [0.1, 0.15) is 48.3 Å². The van der Waals surface area contributed by atoms with E-state index in [2.05, 4.69) is 0 Å². The lowest BCUT2D eigenvalue weighted by atomic mass is 9.83. The van der Waals surface area contributed by atoms with Crippen molar-refractivity contribution in [3.05, 3.63) is 65.2 Å². The van der Waals surface area contributed by atoms with Gasteiger partial charge in [-0.05, 0) is 55.5 Å². The van der Waals surface area contributed by atoms with E-state index in [1.54, 1.807) is 24.3 Å². The van der Waals surface area contributed by atoms with E-state index in [-0.39, 0.29) is 11.3 Å². The van der Waals surface area contributed by atoms with Gasteiger partial charge >= 0.3 is 6.11 Å². The molecule has 0 amide bonds. The van der Waals surface area contributed by atoms with Crippen molar-refractivity contribution in [3.63, 3.8) is 0 Å². The van der Waals surface area contributed by atoms with Gasteiger partial charge in [0.25, 0.3) is 0 Å². The molecule has 0 unspecified atom stereocenters. The van der Waals surface area contributed by atoms with Crippen LogP contribution < -0.4 is 4.74 Å². The maximum atomic E-state index is 14.2. The molecule has 0 N–H and O–H groups in total. The van der Waals surface area contributed by atoms with Gasteiger partial charge in [0, 0.05) is 12.8 Å². The fourth-order valence-electron chi connectivity index (χ4n) is 3.04. The Hall–Kier alpha value is -2.23. The van der Waals surface area contributed by atoms with Crippen LogP contribution in [0.4, 0.5) is 8.78 Å². The van der Waals surface area contributed by atoms with Crippen molar-refractivity contribution in [1.82, 2.24) is 0 Å². The first-order valence-corrected chi connectivity index (χ1v) is 8.20. The molecular weight excluding hydrogens is 310 g/mol. The van der Waals surface area contributed by atoms with Gasteiger partial charge in [-0.3, -0.25) is 4.79 Å². The molecule has 3 rings (SSSR count). The van der Waals surface area contributed by atoms with E-state index in [0.29, 0.717) is 24.5 Å². The molecule has 0 saturated heterocycles. The zero-order valence-corrected chi connectivity index (χ0v) is 13.6. The highest BCUT2D eigenvalue weighted by atomic mass is 19.3. The molecule has 0 aromatic heterocycles. The smallest absolute Gasteiger partial charge is 0.426 e. The van der Waals surface area contributed by atoms with Gasteiger partial charge in [-0.2, -0.15) is 8.78 Å². The van der Waals surface area contributed by atoms with Gasteiger partial charge < -0.3 is 4.74 Å². The Morgan fingerprint density at radius 3 is 2.12 bits per heavy atom. The number of hydrogen-bond donors (Lipinski definition) is 0. The lowest BCUT2D eigenvalue weighted by Crippen LogP contribution is -2.21. The Balaban J connectivity index is 1.69. The molecule has 0 radical (unpaired) electrons. The second-order valence-electron chi connectivity index (χ2n) is 6.37. The monoisotopic (exact) mass is 330 g/mol. The first kappa shape index (κ1) is 16.6. The zero-order valence-electron chi connectivity index (χ0n) is 13.6. The molecule has 2 aromatic rings. The minimum atomic E-state index is -3.37. The molecular formula is C20H20F2O2. The molecule has 1 saturated carbocycles. The Morgan fingerprint density at radius 1 is 0.958 bits per heavy atom. The predicted molar refractivity (Wildman–Crippen MR) is 88.4 cm³/mol. The summed E-state index contributed by atoms with van der Waals surface area (Å²) >= 11 is 0. The molecule has 1 aliphatic carbocycles. The molecule has 0 bridgehead atoms. The van der Waals surface area contributed by atoms with Crippen molar-refractivity contribution in [1.29, 1.82) is 0 Å². The molecule has 24 heavy (non-hydrogen) atoms. The maximum absolute atomic E-state index is 14.2. The summed E-state index contributed by atoms with van der Waals surface area (Å²) in [6, 6.07) is 12.8. The third kappa shape index (κ3) is 3.81. The number of hydrogen-bond acceptors (Lipinski definition) is 2. The minimum Gasteiger partial charge on any atom is -0.429 e. The summed E-state index contributed by atoms with van der Waals surface area (Å²) < 4.78 is 33.3. The molecule has 0 heterocycles. The fraction of sp³-hybridized carbons (Fsp3) is 0.350. The Morgan fingerprint density at radius 2 is 1.54 bits per heavy atom. The van der Waals surface area contributed by atoms with E-state index in [0.717, 1.165) is 24.0 Å². The number of halogens is 2.